The van der Waals surface area contributed by atoms with E-state index < -0.39 is 0 Å². The number of aryl methyl sites for hydroxylation is 1. The molecule has 3 aromatic rings. The lowest BCUT2D eigenvalue weighted by Gasteiger charge is -2.40. The van der Waals surface area contributed by atoms with Crippen molar-refractivity contribution in [1.29, 1.82) is 0 Å². The van der Waals surface area contributed by atoms with Gasteiger partial charge in [0.05, 0.1) is 12.3 Å². The van der Waals surface area contributed by atoms with Crippen molar-refractivity contribution >= 4 is 46.7 Å². The van der Waals surface area contributed by atoms with Crippen LogP contribution in [0.2, 0.25) is 10.2 Å². The molecule has 39 heavy (non-hydrogen) atoms. The number of benzene rings is 2. The zero-order valence-corrected chi connectivity index (χ0v) is 24.7. The summed E-state index contributed by atoms with van der Waals surface area (Å²) in [6.07, 6.45) is 5.70. The maximum Gasteiger partial charge on any atom is 0.184 e. The molecule has 1 aliphatic rings. The van der Waals surface area contributed by atoms with Crippen molar-refractivity contribution in [3.63, 3.8) is 0 Å². The van der Waals surface area contributed by atoms with Crippen LogP contribution in [0.4, 0.5) is 0 Å². The Hall–Kier alpha value is -2.49. The third-order valence-electron chi connectivity index (χ3n) is 7.09. The van der Waals surface area contributed by atoms with Crippen molar-refractivity contribution in [3.05, 3.63) is 87.4 Å². The largest absolute Gasteiger partial charge is 0.375 e. The number of unbranched alkanes of at least 4 members (excludes halogenated alkanes) is 1. The number of rotatable bonds is 12. The van der Waals surface area contributed by atoms with Crippen molar-refractivity contribution in [2.24, 2.45) is 10.8 Å². The van der Waals surface area contributed by atoms with Crippen LogP contribution in [0.1, 0.15) is 54.9 Å². The maximum absolute atomic E-state index is 6.49. The molecule has 7 nitrogen and oxygen atoms in total. The average molecular weight is 587 g/mol. The Balaban J connectivity index is 1.38. The highest BCUT2D eigenvalue weighted by atomic mass is 35.5. The van der Waals surface area contributed by atoms with E-state index in [2.05, 4.69) is 79.3 Å². The zero-order valence-electron chi connectivity index (χ0n) is 22.4. The van der Waals surface area contributed by atoms with Gasteiger partial charge in [-0.05, 0) is 54.9 Å². The molecule has 1 aliphatic heterocycles. The van der Waals surface area contributed by atoms with Crippen molar-refractivity contribution in [2.45, 2.75) is 45.2 Å². The fourth-order valence-corrected chi connectivity index (χ4v) is 5.56. The lowest BCUT2D eigenvalue weighted by atomic mass is 9.96. The summed E-state index contributed by atoms with van der Waals surface area (Å²) < 4.78 is 2.19. The molecule has 1 atom stereocenters. The van der Waals surface area contributed by atoms with E-state index in [1.807, 2.05) is 12.1 Å². The van der Waals surface area contributed by atoms with E-state index >= 15 is 0 Å². The number of hydrazone groups is 1. The van der Waals surface area contributed by atoms with Crippen LogP contribution >= 0.6 is 35.4 Å². The van der Waals surface area contributed by atoms with Crippen LogP contribution in [0.15, 0.2) is 59.7 Å². The van der Waals surface area contributed by atoms with Crippen molar-refractivity contribution < 1.29 is 0 Å². The molecule has 0 radical (unpaired) electrons. The smallest absolute Gasteiger partial charge is 0.184 e. The molecule has 208 valence electrons. The van der Waals surface area contributed by atoms with E-state index in [-0.39, 0.29) is 11.2 Å². The minimum atomic E-state index is 0.115. The summed E-state index contributed by atoms with van der Waals surface area (Å²) in [5.74, 6) is 0.997. The minimum absolute atomic E-state index is 0.115. The lowest BCUT2D eigenvalue weighted by Crippen LogP contribution is -2.48. The van der Waals surface area contributed by atoms with E-state index in [4.69, 9.17) is 41.2 Å². The summed E-state index contributed by atoms with van der Waals surface area (Å²) in [5.41, 5.74) is 11.5. The normalized spacial score (nSPS) is 15.6. The van der Waals surface area contributed by atoms with Gasteiger partial charge < -0.3 is 15.2 Å². The number of nitrogens with one attached hydrogen (secondary N) is 1. The van der Waals surface area contributed by atoms with Gasteiger partial charge in [-0.25, -0.2) is 4.98 Å². The van der Waals surface area contributed by atoms with Crippen LogP contribution < -0.4 is 11.2 Å². The molecule has 2 aromatic carbocycles. The van der Waals surface area contributed by atoms with Gasteiger partial charge in [0, 0.05) is 44.2 Å². The van der Waals surface area contributed by atoms with Crippen molar-refractivity contribution in [2.75, 3.05) is 32.7 Å². The topological polar surface area (TPSA) is 74.7 Å². The summed E-state index contributed by atoms with van der Waals surface area (Å²) in [6.45, 7) is 8.07. The molecule has 1 unspecified atom stereocenters. The molecule has 0 bridgehead atoms. The fourth-order valence-electron chi connectivity index (χ4n) is 5.13. The molecule has 0 spiro atoms. The predicted octanol–water partition coefficient (Wildman–Crippen LogP) is 5.50. The third kappa shape index (κ3) is 8.25. The van der Waals surface area contributed by atoms with E-state index in [0.717, 1.165) is 81.5 Å². The second-order valence-corrected chi connectivity index (χ2v) is 11.0. The van der Waals surface area contributed by atoms with Crippen molar-refractivity contribution in [1.82, 2.24) is 24.8 Å². The van der Waals surface area contributed by atoms with Crippen LogP contribution in [0.3, 0.4) is 0 Å². The summed E-state index contributed by atoms with van der Waals surface area (Å²) in [5, 5.41) is 5.46. The van der Waals surface area contributed by atoms with Gasteiger partial charge in [-0.2, -0.15) is 5.10 Å². The minimum Gasteiger partial charge on any atom is -0.375 e. The number of hydrogen-bond acceptors (Lipinski definition) is 5. The Morgan fingerprint density at radius 2 is 1.72 bits per heavy atom. The summed E-state index contributed by atoms with van der Waals surface area (Å²) in [7, 11) is 0. The second-order valence-electron chi connectivity index (χ2n) is 9.79. The van der Waals surface area contributed by atoms with Crippen LogP contribution in [0.5, 0.6) is 0 Å². The summed E-state index contributed by atoms with van der Waals surface area (Å²) in [6, 6.07) is 19.2. The number of aromatic nitrogens is 2. The Bertz CT molecular complexity index is 1220. The highest BCUT2D eigenvalue weighted by molar-refractivity contribution is 7.80. The van der Waals surface area contributed by atoms with Gasteiger partial charge in [0.1, 0.15) is 11.5 Å². The first-order valence-electron chi connectivity index (χ1n) is 13.6. The van der Waals surface area contributed by atoms with Crippen LogP contribution in [-0.4, -0.2) is 63.4 Å². The second kappa shape index (κ2) is 14.8. The van der Waals surface area contributed by atoms with Gasteiger partial charge in [0.2, 0.25) is 0 Å². The molecular formula is C29H37Cl2N7S. The van der Waals surface area contributed by atoms with E-state index in [1.165, 1.54) is 11.1 Å². The SMILES string of the molecule is CCCCc1nc(Cl)c(/C=N/NC(N)=S)n1CCCN1CCN(C(c2ccccc2)c2ccc(Cl)cc2)CC1. The first kappa shape index (κ1) is 29.5. The van der Waals surface area contributed by atoms with Gasteiger partial charge in [-0.1, -0.05) is 79.0 Å². The number of halogens is 2. The molecule has 0 aliphatic carbocycles. The molecule has 1 fully saturated rings. The molecule has 0 saturated carbocycles. The number of nitrogens with zero attached hydrogens (tertiary/aromatic N) is 5. The molecule has 3 N–H and O–H groups in total. The molecular weight excluding hydrogens is 549 g/mol. The molecule has 1 saturated heterocycles. The van der Waals surface area contributed by atoms with Gasteiger partial charge in [-0.15, -0.1) is 0 Å². The molecule has 4 rings (SSSR count). The van der Waals surface area contributed by atoms with E-state index in [0.29, 0.717) is 5.15 Å². The zero-order chi connectivity index (χ0) is 27.6. The monoisotopic (exact) mass is 585 g/mol. The van der Waals surface area contributed by atoms with E-state index in [9.17, 15) is 0 Å². The molecule has 0 amide bonds. The van der Waals surface area contributed by atoms with Crippen LogP contribution in [0, 0.1) is 0 Å². The first-order valence-corrected chi connectivity index (χ1v) is 14.7. The Labute approximate surface area is 247 Å². The Morgan fingerprint density at radius 1 is 1.03 bits per heavy atom. The Kier molecular flexibility index (Phi) is 11.2. The van der Waals surface area contributed by atoms with Crippen LogP contribution in [0.25, 0.3) is 0 Å². The van der Waals surface area contributed by atoms with Gasteiger partial charge in [0.25, 0.3) is 0 Å². The number of imidazole rings is 1. The van der Waals surface area contributed by atoms with Gasteiger partial charge in [-0.3, -0.25) is 10.3 Å². The number of nitrogens with two attached hydrogens (primary N) is 1. The molecule has 2 heterocycles. The summed E-state index contributed by atoms with van der Waals surface area (Å²) >= 11 is 17.5. The standard InChI is InChI=1S/C29H37Cl2N7S/c1-2-3-10-26-34-28(31)25(21-33-35-29(32)39)38(26)16-7-15-36-17-19-37(20-18-36)27(22-8-5-4-6-9-22)23-11-13-24(30)14-12-23/h4-6,8-9,11-14,21,27H,2-3,7,10,15-20H2,1H3,(H3,32,35,39)/b33-21+. The average Bonchev–Trinajstić information content (AvgIpc) is 3.23. The number of piperazine rings is 1. The fraction of sp³-hybridized carbons (Fsp3) is 0.414. The first-order chi connectivity index (χ1) is 19.0. The molecule has 10 heteroatoms. The maximum atomic E-state index is 6.49. The van der Waals surface area contributed by atoms with Crippen LogP contribution in [-0.2, 0) is 13.0 Å². The number of hydrogen-bond donors (Lipinski definition) is 2. The van der Waals surface area contributed by atoms with Gasteiger partial charge >= 0.3 is 0 Å². The highest BCUT2D eigenvalue weighted by Crippen LogP contribution is 2.30. The quantitative estimate of drug-likeness (QED) is 0.166. The number of thiocarbonyl (C=S) groups is 1. The van der Waals surface area contributed by atoms with Crippen molar-refractivity contribution in [3.8, 4) is 0 Å². The molecule has 1 aromatic heterocycles. The third-order valence-corrected chi connectivity index (χ3v) is 7.71. The van der Waals surface area contributed by atoms with E-state index in [1.54, 1.807) is 6.21 Å². The van der Waals surface area contributed by atoms with Gasteiger partial charge in [0.15, 0.2) is 10.3 Å². The predicted molar refractivity (Wildman–Crippen MR) is 166 cm³/mol. The summed E-state index contributed by atoms with van der Waals surface area (Å²) in [4.78, 5) is 9.75. The highest BCUT2D eigenvalue weighted by Gasteiger charge is 2.26. The lowest BCUT2D eigenvalue weighted by molar-refractivity contribution is 0.107. The Morgan fingerprint density at radius 3 is 2.38 bits per heavy atom.